The van der Waals surface area contributed by atoms with Crippen molar-refractivity contribution in [3.8, 4) is 0 Å². The lowest BCUT2D eigenvalue weighted by atomic mass is 10.2. The summed E-state index contributed by atoms with van der Waals surface area (Å²) < 4.78 is 0. The van der Waals surface area contributed by atoms with E-state index in [-0.39, 0.29) is 0 Å². The Hall–Kier alpha value is -1.71. The Labute approximate surface area is 101 Å². The Bertz CT molecular complexity index is 430. The van der Waals surface area contributed by atoms with Crippen molar-refractivity contribution in [2.24, 2.45) is 0 Å². The minimum atomic E-state index is -0.556. The number of nitrogens with one attached hydrogen (secondary N) is 1. The molecule has 88 valence electrons. The first-order chi connectivity index (χ1) is 8.36. The molecule has 3 nitrogen and oxygen atoms in total. The molecule has 0 aliphatic heterocycles. The monoisotopic (exact) mass is 228 g/mol. The summed E-state index contributed by atoms with van der Waals surface area (Å²) in [6.45, 7) is 1.26. The van der Waals surface area contributed by atoms with Crippen LogP contribution in [0.1, 0.15) is 17.4 Å². The van der Waals surface area contributed by atoms with Gasteiger partial charge in [0, 0.05) is 19.3 Å². The molecule has 0 amide bonds. The van der Waals surface area contributed by atoms with E-state index in [2.05, 4.69) is 22.4 Å². The summed E-state index contributed by atoms with van der Waals surface area (Å²) in [4.78, 5) is 4.11. The summed E-state index contributed by atoms with van der Waals surface area (Å²) in [5.41, 5.74) is 1.91. The van der Waals surface area contributed by atoms with Crippen LogP contribution < -0.4 is 5.32 Å². The molecule has 0 fully saturated rings. The summed E-state index contributed by atoms with van der Waals surface area (Å²) in [6, 6.07) is 15.7. The van der Waals surface area contributed by atoms with Crippen LogP contribution in [0.25, 0.3) is 0 Å². The van der Waals surface area contributed by atoms with Crippen LogP contribution in [-0.4, -0.2) is 16.6 Å². The molecule has 0 aliphatic rings. The summed E-state index contributed by atoms with van der Waals surface area (Å²) in [5, 5.41) is 13.1. The third-order valence-electron chi connectivity index (χ3n) is 2.54. The van der Waals surface area contributed by atoms with Gasteiger partial charge in [0.05, 0.1) is 5.69 Å². The molecule has 0 saturated carbocycles. The SMILES string of the molecule is O[C@H](CNCc1ccccc1)c1ccccn1. The molecule has 0 spiro atoms. The lowest BCUT2D eigenvalue weighted by Crippen LogP contribution is -2.21. The van der Waals surface area contributed by atoms with Crippen LogP contribution in [0.2, 0.25) is 0 Å². The van der Waals surface area contributed by atoms with Crippen molar-refractivity contribution in [3.05, 3.63) is 66.0 Å². The zero-order chi connectivity index (χ0) is 11.9. The highest BCUT2D eigenvalue weighted by Gasteiger charge is 2.06. The first kappa shape index (κ1) is 11.8. The van der Waals surface area contributed by atoms with Crippen molar-refractivity contribution < 1.29 is 5.11 Å². The maximum absolute atomic E-state index is 9.87. The average molecular weight is 228 g/mol. The molecule has 2 rings (SSSR count). The third kappa shape index (κ3) is 3.66. The number of hydrogen-bond acceptors (Lipinski definition) is 3. The van der Waals surface area contributed by atoms with E-state index in [0.29, 0.717) is 12.2 Å². The number of hydrogen-bond donors (Lipinski definition) is 2. The summed E-state index contributed by atoms with van der Waals surface area (Å²) in [5.74, 6) is 0. The number of nitrogens with zero attached hydrogens (tertiary/aromatic N) is 1. The van der Waals surface area contributed by atoms with Gasteiger partial charge in [0.2, 0.25) is 0 Å². The highest BCUT2D eigenvalue weighted by molar-refractivity contribution is 5.14. The predicted octanol–water partition coefficient (Wildman–Crippen LogP) is 1.90. The molecule has 0 unspecified atom stereocenters. The van der Waals surface area contributed by atoms with Gasteiger partial charge in [-0.05, 0) is 17.7 Å². The Morgan fingerprint density at radius 2 is 1.82 bits per heavy atom. The minimum Gasteiger partial charge on any atom is -0.385 e. The molecule has 0 radical (unpaired) electrons. The maximum Gasteiger partial charge on any atom is 0.108 e. The number of aliphatic hydroxyl groups is 1. The van der Waals surface area contributed by atoms with Crippen molar-refractivity contribution in [3.63, 3.8) is 0 Å². The molecule has 1 heterocycles. The number of benzene rings is 1. The van der Waals surface area contributed by atoms with Crippen LogP contribution in [-0.2, 0) is 6.54 Å². The van der Waals surface area contributed by atoms with Gasteiger partial charge in [0.25, 0.3) is 0 Å². The zero-order valence-corrected chi connectivity index (χ0v) is 9.58. The van der Waals surface area contributed by atoms with Crippen molar-refractivity contribution >= 4 is 0 Å². The summed E-state index contributed by atoms with van der Waals surface area (Å²) in [6.07, 6.45) is 1.13. The molecule has 17 heavy (non-hydrogen) atoms. The van der Waals surface area contributed by atoms with E-state index in [1.807, 2.05) is 36.4 Å². The van der Waals surface area contributed by atoms with E-state index < -0.39 is 6.10 Å². The van der Waals surface area contributed by atoms with Gasteiger partial charge in [0.1, 0.15) is 6.10 Å². The Morgan fingerprint density at radius 3 is 2.53 bits per heavy atom. The second-order valence-corrected chi connectivity index (χ2v) is 3.89. The first-order valence-corrected chi connectivity index (χ1v) is 5.70. The summed E-state index contributed by atoms with van der Waals surface area (Å²) >= 11 is 0. The molecule has 0 saturated heterocycles. The molecule has 1 aromatic heterocycles. The zero-order valence-electron chi connectivity index (χ0n) is 9.58. The van der Waals surface area contributed by atoms with Gasteiger partial charge in [-0.25, -0.2) is 0 Å². The molecule has 1 aromatic carbocycles. The largest absolute Gasteiger partial charge is 0.385 e. The molecule has 2 aromatic rings. The standard InChI is InChI=1S/C14H16N2O/c17-14(13-8-4-5-9-16-13)11-15-10-12-6-2-1-3-7-12/h1-9,14-15,17H,10-11H2/t14-/m1/s1. The number of aromatic nitrogens is 1. The van der Waals surface area contributed by atoms with Gasteiger partial charge < -0.3 is 10.4 Å². The normalized spacial score (nSPS) is 12.3. The van der Waals surface area contributed by atoms with Gasteiger partial charge >= 0.3 is 0 Å². The summed E-state index contributed by atoms with van der Waals surface area (Å²) in [7, 11) is 0. The van der Waals surface area contributed by atoms with Crippen LogP contribution >= 0.6 is 0 Å². The van der Waals surface area contributed by atoms with Gasteiger partial charge in [-0.3, -0.25) is 4.98 Å². The van der Waals surface area contributed by atoms with E-state index in [1.165, 1.54) is 5.56 Å². The molecule has 1 atom stereocenters. The van der Waals surface area contributed by atoms with E-state index in [4.69, 9.17) is 0 Å². The Kier molecular flexibility index (Phi) is 4.24. The maximum atomic E-state index is 9.87. The van der Waals surface area contributed by atoms with Crippen LogP contribution in [0.3, 0.4) is 0 Å². The third-order valence-corrected chi connectivity index (χ3v) is 2.54. The molecule has 3 heteroatoms. The van der Waals surface area contributed by atoms with Gasteiger partial charge in [-0.1, -0.05) is 36.4 Å². The van der Waals surface area contributed by atoms with Crippen LogP contribution in [0.4, 0.5) is 0 Å². The van der Waals surface area contributed by atoms with E-state index in [1.54, 1.807) is 6.20 Å². The second-order valence-electron chi connectivity index (χ2n) is 3.89. The Balaban J connectivity index is 1.79. The molecular formula is C14H16N2O. The lowest BCUT2D eigenvalue weighted by Gasteiger charge is -2.11. The van der Waals surface area contributed by atoms with Crippen molar-refractivity contribution in [2.75, 3.05) is 6.54 Å². The number of rotatable bonds is 5. The van der Waals surface area contributed by atoms with Crippen molar-refractivity contribution in [1.29, 1.82) is 0 Å². The minimum absolute atomic E-state index is 0.506. The highest BCUT2D eigenvalue weighted by atomic mass is 16.3. The first-order valence-electron chi connectivity index (χ1n) is 5.70. The molecule has 2 N–H and O–H groups in total. The van der Waals surface area contributed by atoms with Crippen LogP contribution in [0.5, 0.6) is 0 Å². The highest BCUT2D eigenvalue weighted by Crippen LogP contribution is 2.07. The molecule has 0 bridgehead atoms. The fraction of sp³-hybridized carbons (Fsp3) is 0.214. The number of aliphatic hydroxyl groups excluding tert-OH is 1. The van der Waals surface area contributed by atoms with E-state index in [9.17, 15) is 5.11 Å². The molecular weight excluding hydrogens is 212 g/mol. The van der Waals surface area contributed by atoms with Crippen LogP contribution in [0, 0.1) is 0 Å². The van der Waals surface area contributed by atoms with E-state index in [0.717, 1.165) is 6.54 Å². The average Bonchev–Trinajstić information content (AvgIpc) is 2.41. The quantitative estimate of drug-likeness (QED) is 0.821. The predicted molar refractivity (Wildman–Crippen MR) is 67.3 cm³/mol. The van der Waals surface area contributed by atoms with Crippen molar-refractivity contribution in [1.82, 2.24) is 10.3 Å². The molecule has 0 aliphatic carbocycles. The van der Waals surface area contributed by atoms with Gasteiger partial charge in [0.15, 0.2) is 0 Å². The topological polar surface area (TPSA) is 45.1 Å². The van der Waals surface area contributed by atoms with Crippen molar-refractivity contribution in [2.45, 2.75) is 12.6 Å². The van der Waals surface area contributed by atoms with Gasteiger partial charge in [-0.2, -0.15) is 0 Å². The lowest BCUT2D eigenvalue weighted by molar-refractivity contribution is 0.169. The smallest absolute Gasteiger partial charge is 0.108 e. The van der Waals surface area contributed by atoms with E-state index >= 15 is 0 Å². The number of pyridine rings is 1. The second kappa shape index (κ2) is 6.13. The van der Waals surface area contributed by atoms with Crippen LogP contribution in [0.15, 0.2) is 54.7 Å². The fourth-order valence-corrected chi connectivity index (χ4v) is 1.63. The fourth-order valence-electron chi connectivity index (χ4n) is 1.63. The van der Waals surface area contributed by atoms with Gasteiger partial charge in [-0.15, -0.1) is 0 Å². The Morgan fingerprint density at radius 1 is 1.06 bits per heavy atom.